The number of fused-ring (bicyclic) bond motifs is 1. The van der Waals surface area contributed by atoms with Gasteiger partial charge in [-0.3, -0.25) is 9.69 Å². The second-order valence-corrected chi connectivity index (χ2v) is 8.62. The number of rotatable bonds is 4. The Morgan fingerprint density at radius 2 is 1.93 bits per heavy atom. The van der Waals surface area contributed by atoms with Crippen LogP contribution in [0.15, 0.2) is 42.5 Å². The van der Waals surface area contributed by atoms with Crippen LogP contribution in [0.1, 0.15) is 23.8 Å². The Morgan fingerprint density at radius 1 is 1.15 bits per heavy atom. The summed E-state index contributed by atoms with van der Waals surface area (Å²) in [6.07, 6.45) is 2.06. The highest BCUT2D eigenvalue weighted by atomic mass is 35.5. The number of nitrogens with zero attached hydrogens (tertiary/aromatic N) is 2. The zero-order valence-electron chi connectivity index (χ0n) is 14.6. The number of halogens is 2. The third kappa shape index (κ3) is 4.43. The first-order valence-electron chi connectivity index (χ1n) is 8.91. The Kier molecular flexibility index (Phi) is 5.64. The molecule has 27 heavy (non-hydrogen) atoms. The van der Waals surface area contributed by atoms with Crippen LogP contribution in [0, 0.1) is 0 Å². The summed E-state index contributed by atoms with van der Waals surface area (Å²) >= 11 is 13.7. The number of anilines is 1. The van der Waals surface area contributed by atoms with Crippen LogP contribution < -0.4 is 5.32 Å². The molecular formula is C20H19Cl2N3OS. The van der Waals surface area contributed by atoms with Crippen molar-refractivity contribution >= 4 is 56.3 Å². The highest BCUT2D eigenvalue weighted by molar-refractivity contribution is 7.18. The first kappa shape index (κ1) is 18.7. The average molecular weight is 420 g/mol. The lowest BCUT2D eigenvalue weighted by molar-refractivity contribution is -0.117. The number of para-hydroxylation sites is 1. The number of carbonyl (C=O) groups excluding carboxylic acids is 1. The molecule has 0 unspecified atom stereocenters. The summed E-state index contributed by atoms with van der Waals surface area (Å²) in [5.41, 5.74) is 1.75. The lowest BCUT2D eigenvalue weighted by atomic mass is 9.97. The van der Waals surface area contributed by atoms with Gasteiger partial charge in [-0.05, 0) is 56.3 Å². The Morgan fingerprint density at radius 3 is 2.67 bits per heavy atom. The molecule has 7 heteroatoms. The van der Waals surface area contributed by atoms with E-state index < -0.39 is 0 Å². The highest BCUT2D eigenvalue weighted by Gasteiger charge is 2.24. The summed E-state index contributed by atoms with van der Waals surface area (Å²) in [4.78, 5) is 19.3. The summed E-state index contributed by atoms with van der Waals surface area (Å²) in [6.45, 7) is 2.18. The summed E-state index contributed by atoms with van der Waals surface area (Å²) < 4.78 is 1.25. The quantitative estimate of drug-likeness (QED) is 0.613. The van der Waals surface area contributed by atoms with E-state index in [0.717, 1.165) is 31.4 Å². The standard InChI is InChI=1S/C20H19Cl2N3OS/c21-15-6-5-14(11-16(15)22)23-19(26)12-25-9-7-13(8-10-25)20-24-17-3-1-2-4-18(17)27-20/h1-6,11,13H,7-10,12H2,(H,23,26). The Balaban J connectivity index is 1.31. The lowest BCUT2D eigenvalue weighted by Crippen LogP contribution is -2.38. The molecule has 1 aliphatic heterocycles. The summed E-state index contributed by atoms with van der Waals surface area (Å²) in [6, 6.07) is 13.4. The predicted molar refractivity (Wildman–Crippen MR) is 113 cm³/mol. The summed E-state index contributed by atoms with van der Waals surface area (Å²) in [5.74, 6) is 0.448. The van der Waals surface area contributed by atoms with Crippen molar-refractivity contribution in [2.45, 2.75) is 18.8 Å². The van der Waals surface area contributed by atoms with Gasteiger partial charge in [-0.1, -0.05) is 35.3 Å². The van der Waals surface area contributed by atoms with Crippen LogP contribution in [0.4, 0.5) is 5.69 Å². The van der Waals surface area contributed by atoms with E-state index in [4.69, 9.17) is 28.2 Å². The van der Waals surface area contributed by atoms with Crippen molar-refractivity contribution < 1.29 is 4.79 Å². The van der Waals surface area contributed by atoms with Crippen LogP contribution in [0.3, 0.4) is 0 Å². The van der Waals surface area contributed by atoms with Crippen LogP contribution in [0.5, 0.6) is 0 Å². The maximum atomic E-state index is 12.3. The molecule has 1 aromatic heterocycles. The van der Waals surface area contributed by atoms with E-state index in [0.29, 0.717) is 28.2 Å². The molecule has 0 bridgehead atoms. The third-order valence-electron chi connectivity index (χ3n) is 4.82. The van der Waals surface area contributed by atoms with Gasteiger partial charge in [-0.15, -0.1) is 11.3 Å². The first-order chi connectivity index (χ1) is 13.1. The summed E-state index contributed by atoms with van der Waals surface area (Å²) in [5, 5.41) is 5.02. The molecule has 0 saturated carbocycles. The van der Waals surface area contributed by atoms with Gasteiger partial charge in [0.15, 0.2) is 0 Å². The molecule has 0 aliphatic carbocycles. The molecule has 1 saturated heterocycles. The highest BCUT2D eigenvalue weighted by Crippen LogP contribution is 2.33. The van der Waals surface area contributed by atoms with Gasteiger partial charge in [-0.2, -0.15) is 0 Å². The molecule has 1 N–H and O–H groups in total. The minimum absolute atomic E-state index is 0.0353. The number of thiazole rings is 1. The molecule has 0 spiro atoms. The number of piperidine rings is 1. The molecular weight excluding hydrogens is 401 g/mol. The van der Waals surface area contributed by atoms with Gasteiger partial charge in [0.25, 0.3) is 0 Å². The maximum absolute atomic E-state index is 12.3. The van der Waals surface area contributed by atoms with Gasteiger partial charge in [0, 0.05) is 11.6 Å². The van der Waals surface area contributed by atoms with E-state index in [1.54, 1.807) is 29.5 Å². The van der Waals surface area contributed by atoms with E-state index in [9.17, 15) is 4.79 Å². The van der Waals surface area contributed by atoms with Crippen molar-refractivity contribution in [1.82, 2.24) is 9.88 Å². The number of nitrogens with one attached hydrogen (secondary N) is 1. The van der Waals surface area contributed by atoms with E-state index >= 15 is 0 Å². The Labute approximate surface area is 172 Å². The molecule has 1 amide bonds. The second kappa shape index (κ2) is 8.15. The third-order valence-corrected chi connectivity index (χ3v) is 6.76. The van der Waals surface area contributed by atoms with E-state index in [2.05, 4.69) is 28.4 Å². The molecule has 1 fully saturated rings. The first-order valence-corrected chi connectivity index (χ1v) is 10.5. The number of aromatic nitrogens is 1. The molecule has 0 atom stereocenters. The van der Waals surface area contributed by atoms with Crippen molar-refractivity contribution in [3.63, 3.8) is 0 Å². The van der Waals surface area contributed by atoms with Crippen LogP contribution in [-0.4, -0.2) is 35.4 Å². The largest absolute Gasteiger partial charge is 0.325 e. The van der Waals surface area contributed by atoms with Crippen LogP contribution >= 0.6 is 34.5 Å². The normalized spacial score (nSPS) is 15.9. The van der Waals surface area contributed by atoms with Gasteiger partial charge < -0.3 is 5.32 Å². The molecule has 1 aliphatic rings. The molecule has 2 aromatic carbocycles. The van der Waals surface area contributed by atoms with Gasteiger partial charge in [0.05, 0.1) is 31.8 Å². The average Bonchev–Trinajstić information content (AvgIpc) is 3.09. The lowest BCUT2D eigenvalue weighted by Gasteiger charge is -2.30. The Hall–Kier alpha value is -1.66. The molecule has 2 heterocycles. The van der Waals surface area contributed by atoms with Crippen molar-refractivity contribution in [1.29, 1.82) is 0 Å². The molecule has 140 valence electrons. The zero-order chi connectivity index (χ0) is 18.8. The molecule has 4 nitrogen and oxygen atoms in total. The van der Waals surface area contributed by atoms with Crippen molar-refractivity contribution in [2.24, 2.45) is 0 Å². The number of hydrogen-bond acceptors (Lipinski definition) is 4. The Bertz CT molecular complexity index is 934. The topological polar surface area (TPSA) is 45.2 Å². The minimum atomic E-state index is -0.0353. The predicted octanol–water partition coefficient (Wildman–Crippen LogP) is 5.42. The van der Waals surface area contributed by atoms with Crippen molar-refractivity contribution in [3.8, 4) is 0 Å². The molecule has 4 rings (SSSR count). The van der Waals surface area contributed by atoms with Gasteiger partial charge in [0.2, 0.25) is 5.91 Å². The number of amides is 1. The van der Waals surface area contributed by atoms with Crippen molar-refractivity contribution in [3.05, 3.63) is 57.5 Å². The van der Waals surface area contributed by atoms with E-state index in [1.165, 1.54) is 9.71 Å². The number of likely N-dealkylation sites (tertiary alicyclic amines) is 1. The molecule has 0 radical (unpaired) electrons. The smallest absolute Gasteiger partial charge is 0.238 e. The number of carbonyl (C=O) groups is 1. The SMILES string of the molecule is O=C(CN1CCC(c2nc3ccccc3s2)CC1)Nc1ccc(Cl)c(Cl)c1. The fourth-order valence-electron chi connectivity index (χ4n) is 3.38. The van der Waals surface area contributed by atoms with Gasteiger partial charge in [-0.25, -0.2) is 4.98 Å². The number of benzene rings is 2. The van der Waals surface area contributed by atoms with E-state index in [1.807, 2.05) is 6.07 Å². The van der Waals surface area contributed by atoms with Gasteiger partial charge >= 0.3 is 0 Å². The maximum Gasteiger partial charge on any atom is 0.238 e. The zero-order valence-corrected chi connectivity index (χ0v) is 16.9. The van der Waals surface area contributed by atoms with E-state index in [-0.39, 0.29) is 5.91 Å². The monoisotopic (exact) mass is 419 g/mol. The minimum Gasteiger partial charge on any atom is -0.325 e. The fraction of sp³-hybridized carbons (Fsp3) is 0.300. The number of hydrogen-bond donors (Lipinski definition) is 1. The van der Waals surface area contributed by atoms with Crippen LogP contribution in [-0.2, 0) is 4.79 Å². The van der Waals surface area contributed by atoms with Crippen LogP contribution in [0.2, 0.25) is 10.0 Å². The summed E-state index contributed by atoms with van der Waals surface area (Å²) in [7, 11) is 0. The second-order valence-electron chi connectivity index (χ2n) is 6.75. The molecule has 3 aromatic rings. The fourth-order valence-corrected chi connectivity index (χ4v) is 4.81. The van der Waals surface area contributed by atoms with Gasteiger partial charge in [0.1, 0.15) is 0 Å². The van der Waals surface area contributed by atoms with Crippen molar-refractivity contribution in [2.75, 3.05) is 25.0 Å². The van der Waals surface area contributed by atoms with Crippen LogP contribution in [0.25, 0.3) is 10.2 Å².